The Balaban J connectivity index is 2.13. The van der Waals surface area contributed by atoms with Crippen LogP contribution in [-0.4, -0.2) is 9.97 Å². The molecule has 0 aliphatic heterocycles. The van der Waals surface area contributed by atoms with Crippen LogP contribution < -0.4 is 5.32 Å². The van der Waals surface area contributed by atoms with Crippen LogP contribution in [0.15, 0.2) is 46.9 Å². The van der Waals surface area contributed by atoms with Gasteiger partial charge < -0.3 is 5.32 Å². The van der Waals surface area contributed by atoms with E-state index in [-0.39, 0.29) is 5.28 Å². The second-order valence-corrected chi connectivity index (χ2v) is 5.66. The van der Waals surface area contributed by atoms with E-state index >= 15 is 0 Å². The van der Waals surface area contributed by atoms with Crippen LogP contribution in [0.25, 0.3) is 10.9 Å². The second-order valence-electron chi connectivity index (χ2n) is 4.47. The number of aromatic nitrogens is 2. The molecule has 3 rings (SSSR count). The highest BCUT2D eigenvalue weighted by Gasteiger charge is 2.08. The Morgan fingerprint density at radius 3 is 2.75 bits per heavy atom. The Labute approximate surface area is 130 Å². The third-order valence-corrected chi connectivity index (χ3v) is 3.81. The summed E-state index contributed by atoms with van der Waals surface area (Å²) in [6.07, 6.45) is 0. The number of nitrogens with one attached hydrogen (secondary N) is 1. The summed E-state index contributed by atoms with van der Waals surface area (Å²) in [6.45, 7) is 2.04. The van der Waals surface area contributed by atoms with Crippen LogP contribution in [0.3, 0.4) is 0 Å². The number of rotatable bonds is 2. The number of para-hydroxylation sites is 1. The molecule has 0 amide bonds. The lowest BCUT2D eigenvalue weighted by Crippen LogP contribution is -1.98. The number of nitrogens with zero attached hydrogens (tertiary/aromatic N) is 2. The highest BCUT2D eigenvalue weighted by molar-refractivity contribution is 9.10. The third kappa shape index (κ3) is 2.62. The number of hydrogen-bond acceptors (Lipinski definition) is 3. The van der Waals surface area contributed by atoms with Gasteiger partial charge in [0.15, 0.2) is 0 Å². The number of aryl methyl sites for hydroxylation is 1. The number of halogens is 2. The Morgan fingerprint density at radius 1 is 1.10 bits per heavy atom. The Morgan fingerprint density at radius 2 is 1.90 bits per heavy atom. The van der Waals surface area contributed by atoms with Gasteiger partial charge in [0.05, 0.1) is 11.2 Å². The van der Waals surface area contributed by atoms with Gasteiger partial charge in [-0.25, -0.2) is 4.98 Å². The molecule has 0 aliphatic rings. The van der Waals surface area contributed by atoms with Gasteiger partial charge in [0, 0.05) is 9.86 Å². The average Bonchev–Trinajstić information content (AvgIpc) is 2.43. The highest BCUT2D eigenvalue weighted by Crippen LogP contribution is 2.29. The topological polar surface area (TPSA) is 37.8 Å². The zero-order valence-corrected chi connectivity index (χ0v) is 13.0. The molecule has 1 aromatic heterocycles. The molecule has 20 heavy (non-hydrogen) atoms. The lowest BCUT2D eigenvalue weighted by molar-refractivity contribution is 1.22. The quantitative estimate of drug-likeness (QED) is 0.655. The summed E-state index contributed by atoms with van der Waals surface area (Å²) in [6, 6.07) is 13.9. The molecule has 0 saturated heterocycles. The van der Waals surface area contributed by atoms with Crippen molar-refractivity contribution in [3.05, 3.63) is 57.8 Å². The predicted octanol–water partition coefficient (Wildman–Crippen LogP) is 5.10. The van der Waals surface area contributed by atoms with E-state index in [1.165, 1.54) is 5.56 Å². The fourth-order valence-electron chi connectivity index (χ4n) is 2.01. The smallest absolute Gasteiger partial charge is 0.224 e. The molecule has 0 fully saturated rings. The molecule has 0 unspecified atom stereocenters. The lowest BCUT2D eigenvalue weighted by atomic mass is 10.2. The number of hydrogen-bond donors (Lipinski definition) is 1. The van der Waals surface area contributed by atoms with Crippen molar-refractivity contribution in [3.8, 4) is 0 Å². The maximum Gasteiger partial charge on any atom is 0.224 e. The van der Waals surface area contributed by atoms with Gasteiger partial charge in [-0.15, -0.1) is 0 Å². The van der Waals surface area contributed by atoms with Crippen LogP contribution in [0, 0.1) is 6.92 Å². The van der Waals surface area contributed by atoms with Gasteiger partial charge in [0.1, 0.15) is 5.82 Å². The molecule has 2 aromatic carbocycles. The predicted molar refractivity (Wildman–Crippen MR) is 86.7 cm³/mol. The summed E-state index contributed by atoms with van der Waals surface area (Å²) in [5, 5.41) is 4.48. The van der Waals surface area contributed by atoms with E-state index in [9.17, 15) is 0 Å². The zero-order valence-electron chi connectivity index (χ0n) is 10.7. The first-order chi connectivity index (χ1) is 9.63. The monoisotopic (exact) mass is 347 g/mol. The number of anilines is 2. The molecule has 0 saturated carbocycles. The minimum Gasteiger partial charge on any atom is -0.339 e. The van der Waals surface area contributed by atoms with E-state index in [1.807, 2.05) is 43.3 Å². The molecular formula is C15H11BrClN3. The van der Waals surface area contributed by atoms with Crippen LogP contribution in [0.5, 0.6) is 0 Å². The molecule has 0 atom stereocenters. The van der Waals surface area contributed by atoms with Gasteiger partial charge in [0.2, 0.25) is 5.28 Å². The van der Waals surface area contributed by atoms with Crippen molar-refractivity contribution in [1.29, 1.82) is 0 Å². The number of benzene rings is 2. The Kier molecular flexibility index (Phi) is 3.59. The van der Waals surface area contributed by atoms with Crippen molar-refractivity contribution in [2.75, 3.05) is 5.32 Å². The molecular weight excluding hydrogens is 338 g/mol. The molecule has 3 nitrogen and oxygen atoms in total. The van der Waals surface area contributed by atoms with Gasteiger partial charge in [-0.1, -0.05) is 18.2 Å². The fraction of sp³-hybridized carbons (Fsp3) is 0.0667. The first-order valence-electron chi connectivity index (χ1n) is 6.09. The molecule has 3 aromatic rings. The minimum absolute atomic E-state index is 0.231. The normalized spacial score (nSPS) is 10.8. The standard InChI is InChI=1S/C15H11BrClN3/c1-9-6-7-11(16)13(8-9)18-14-10-4-2-3-5-12(10)19-15(17)20-14/h2-8H,1H3,(H,18,19,20). The molecule has 0 aliphatic carbocycles. The van der Waals surface area contributed by atoms with E-state index in [0.29, 0.717) is 5.82 Å². The van der Waals surface area contributed by atoms with Crippen molar-refractivity contribution in [2.45, 2.75) is 6.92 Å². The second kappa shape index (κ2) is 5.38. The average molecular weight is 349 g/mol. The SMILES string of the molecule is Cc1ccc(Br)c(Nc2nc(Cl)nc3ccccc23)c1. The first kappa shape index (κ1) is 13.3. The van der Waals surface area contributed by atoms with E-state index in [1.54, 1.807) is 0 Å². The van der Waals surface area contributed by atoms with Crippen LogP contribution in [0.4, 0.5) is 11.5 Å². The zero-order chi connectivity index (χ0) is 14.1. The molecule has 0 bridgehead atoms. The molecule has 5 heteroatoms. The molecule has 100 valence electrons. The number of fused-ring (bicyclic) bond motifs is 1. The van der Waals surface area contributed by atoms with Crippen molar-refractivity contribution < 1.29 is 0 Å². The van der Waals surface area contributed by atoms with Gasteiger partial charge in [-0.2, -0.15) is 4.98 Å². The van der Waals surface area contributed by atoms with Gasteiger partial charge in [-0.3, -0.25) is 0 Å². The molecule has 1 heterocycles. The summed E-state index contributed by atoms with van der Waals surface area (Å²) < 4.78 is 0.974. The minimum atomic E-state index is 0.231. The van der Waals surface area contributed by atoms with Gasteiger partial charge >= 0.3 is 0 Å². The van der Waals surface area contributed by atoms with E-state index in [4.69, 9.17) is 11.6 Å². The van der Waals surface area contributed by atoms with Crippen molar-refractivity contribution in [2.24, 2.45) is 0 Å². The van der Waals surface area contributed by atoms with Gasteiger partial charge in [0.25, 0.3) is 0 Å². The first-order valence-corrected chi connectivity index (χ1v) is 7.26. The van der Waals surface area contributed by atoms with E-state index in [0.717, 1.165) is 21.1 Å². The maximum atomic E-state index is 5.99. The summed E-state index contributed by atoms with van der Waals surface area (Å²) in [5.74, 6) is 0.701. The highest BCUT2D eigenvalue weighted by atomic mass is 79.9. The van der Waals surface area contributed by atoms with Gasteiger partial charge in [-0.05, 0) is 64.3 Å². The van der Waals surface area contributed by atoms with E-state index in [2.05, 4.69) is 37.3 Å². The Hall–Kier alpha value is -1.65. The van der Waals surface area contributed by atoms with Crippen LogP contribution >= 0.6 is 27.5 Å². The van der Waals surface area contributed by atoms with Crippen molar-refractivity contribution >= 4 is 49.9 Å². The molecule has 0 radical (unpaired) electrons. The lowest BCUT2D eigenvalue weighted by Gasteiger charge is -2.11. The molecule has 1 N–H and O–H groups in total. The summed E-state index contributed by atoms with van der Waals surface area (Å²) in [4.78, 5) is 8.51. The van der Waals surface area contributed by atoms with E-state index < -0.39 is 0 Å². The van der Waals surface area contributed by atoms with Crippen molar-refractivity contribution in [1.82, 2.24) is 9.97 Å². The Bertz CT molecular complexity index is 789. The van der Waals surface area contributed by atoms with Crippen LogP contribution in [0.1, 0.15) is 5.56 Å². The summed E-state index contributed by atoms with van der Waals surface area (Å²) >= 11 is 9.52. The third-order valence-electron chi connectivity index (χ3n) is 2.95. The van der Waals surface area contributed by atoms with Crippen LogP contribution in [0.2, 0.25) is 5.28 Å². The fourth-order valence-corrected chi connectivity index (χ4v) is 2.53. The maximum absolute atomic E-state index is 5.99. The molecule has 0 spiro atoms. The summed E-state index contributed by atoms with van der Waals surface area (Å²) in [5.41, 5.74) is 2.93. The van der Waals surface area contributed by atoms with Crippen LogP contribution in [-0.2, 0) is 0 Å². The van der Waals surface area contributed by atoms with Crippen molar-refractivity contribution in [3.63, 3.8) is 0 Å². The summed E-state index contributed by atoms with van der Waals surface area (Å²) in [7, 11) is 0. The largest absolute Gasteiger partial charge is 0.339 e.